The van der Waals surface area contributed by atoms with Gasteiger partial charge in [0.25, 0.3) is 11.7 Å². The number of carbonyl (C=O) groups is 3. The Morgan fingerprint density at radius 1 is 1.21 bits per heavy atom. The zero-order chi connectivity index (χ0) is 20.1. The van der Waals surface area contributed by atoms with Crippen molar-refractivity contribution in [3.8, 4) is 0 Å². The zero-order valence-corrected chi connectivity index (χ0v) is 16.1. The molecule has 1 fully saturated rings. The summed E-state index contributed by atoms with van der Waals surface area (Å²) < 4.78 is 12.0. The van der Waals surface area contributed by atoms with Gasteiger partial charge in [-0.2, -0.15) is 0 Å². The first-order valence-electron chi connectivity index (χ1n) is 9.28. The number of para-hydroxylation sites is 1. The molecule has 3 rings (SSSR count). The van der Waals surface area contributed by atoms with E-state index < -0.39 is 11.7 Å². The van der Waals surface area contributed by atoms with Crippen LogP contribution in [0.1, 0.15) is 17.3 Å². The molecule has 28 heavy (non-hydrogen) atoms. The average Bonchev–Trinajstić information content (AvgIpc) is 3.06. The first-order chi connectivity index (χ1) is 13.5. The quantitative estimate of drug-likeness (QED) is 0.562. The molecule has 8 nitrogen and oxygen atoms in total. The molecular weight excluding hydrogens is 362 g/mol. The minimum atomic E-state index is -0.688. The molecule has 150 valence electrons. The summed E-state index contributed by atoms with van der Waals surface area (Å²) in [7, 11) is 1.53. The minimum absolute atomic E-state index is 0.0405. The van der Waals surface area contributed by atoms with Gasteiger partial charge in [0.2, 0.25) is 5.91 Å². The van der Waals surface area contributed by atoms with Crippen LogP contribution in [0.3, 0.4) is 0 Å². The maximum Gasteiger partial charge on any atom is 0.292 e. The molecule has 0 radical (unpaired) electrons. The molecule has 1 unspecified atom stereocenters. The third kappa shape index (κ3) is 4.40. The standard InChI is InChI=1S/C20H25N3O5/c1-14(13-27-2)21-20(26)19(25)16-11-23(17-6-4-3-5-15(16)17)12-18(24)22-7-9-28-10-8-22/h3-6,11,14H,7-10,12-13H2,1-2H3,(H,21,26). The van der Waals surface area contributed by atoms with Crippen molar-refractivity contribution in [1.29, 1.82) is 0 Å². The highest BCUT2D eigenvalue weighted by atomic mass is 16.5. The third-order valence-electron chi connectivity index (χ3n) is 4.70. The summed E-state index contributed by atoms with van der Waals surface area (Å²) in [4.78, 5) is 39.4. The van der Waals surface area contributed by atoms with Gasteiger partial charge in [-0.05, 0) is 13.0 Å². The number of Topliss-reactive ketones (excluding diaryl/α,β-unsaturated/α-hetero) is 1. The maximum absolute atomic E-state index is 12.7. The molecule has 0 saturated carbocycles. The van der Waals surface area contributed by atoms with Gasteiger partial charge in [0.05, 0.1) is 25.4 Å². The number of rotatable bonds is 7. The topological polar surface area (TPSA) is 89.9 Å². The number of amides is 2. The summed E-state index contributed by atoms with van der Waals surface area (Å²) in [6.07, 6.45) is 1.59. The van der Waals surface area contributed by atoms with Gasteiger partial charge in [0, 0.05) is 43.3 Å². The maximum atomic E-state index is 12.7. The van der Waals surface area contributed by atoms with Gasteiger partial charge >= 0.3 is 0 Å². The van der Waals surface area contributed by atoms with Crippen LogP contribution < -0.4 is 5.32 Å². The Labute approximate surface area is 163 Å². The van der Waals surface area contributed by atoms with Crippen LogP contribution in [-0.2, 0) is 25.6 Å². The lowest BCUT2D eigenvalue weighted by Gasteiger charge is -2.27. The van der Waals surface area contributed by atoms with Crippen LogP contribution in [-0.4, -0.2) is 73.1 Å². The van der Waals surface area contributed by atoms with Crippen LogP contribution in [0.4, 0.5) is 0 Å². The van der Waals surface area contributed by atoms with E-state index in [9.17, 15) is 14.4 Å². The van der Waals surface area contributed by atoms with E-state index in [4.69, 9.17) is 9.47 Å². The second kappa shape index (κ2) is 8.99. The lowest BCUT2D eigenvalue weighted by atomic mass is 10.1. The molecule has 1 aliphatic rings. The number of fused-ring (bicyclic) bond motifs is 1. The predicted molar refractivity (Wildman–Crippen MR) is 103 cm³/mol. The molecule has 1 atom stereocenters. The number of nitrogens with zero attached hydrogens (tertiary/aromatic N) is 2. The summed E-state index contributed by atoms with van der Waals surface area (Å²) in [5.41, 5.74) is 1.03. The van der Waals surface area contributed by atoms with E-state index in [1.54, 1.807) is 34.7 Å². The molecule has 1 N–H and O–H groups in total. The molecule has 2 heterocycles. The van der Waals surface area contributed by atoms with Crippen LogP contribution in [0.2, 0.25) is 0 Å². The minimum Gasteiger partial charge on any atom is -0.383 e. The second-order valence-corrected chi connectivity index (χ2v) is 6.84. The van der Waals surface area contributed by atoms with Crippen LogP contribution in [0, 0.1) is 0 Å². The fraction of sp³-hybridized carbons (Fsp3) is 0.450. The van der Waals surface area contributed by atoms with E-state index in [1.807, 2.05) is 12.1 Å². The number of carbonyl (C=O) groups excluding carboxylic acids is 3. The van der Waals surface area contributed by atoms with Crippen molar-refractivity contribution in [2.45, 2.75) is 19.5 Å². The molecule has 8 heteroatoms. The number of hydrogen-bond donors (Lipinski definition) is 1. The highest BCUT2D eigenvalue weighted by Crippen LogP contribution is 2.22. The summed E-state index contributed by atoms with van der Waals surface area (Å²) in [6.45, 7) is 4.36. The third-order valence-corrected chi connectivity index (χ3v) is 4.70. The highest BCUT2D eigenvalue weighted by molar-refractivity contribution is 6.45. The highest BCUT2D eigenvalue weighted by Gasteiger charge is 2.24. The monoisotopic (exact) mass is 387 g/mol. The number of aromatic nitrogens is 1. The van der Waals surface area contributed by atoms with Gasteiger partial charge in [-0.3, -0.25) is 14.4 Å². The van der Waals surface area contributed by atoms with Gasteiger partial charge in [-0.15, -0.1) is 0 Å². The first-order valence-corrected chi connectivity index (χ1v) is 9.28. The lowest BCUT2D eigenvalue weighted by molar-refractivity contribution is -0.135. The number of morpholine rings is 1. The summed E-state index contributed by atoms with van der Waals surface area (Å²) in [6, 6.07) is 6.98. The van der Waals surface area contributed by atoms with E-state index in [1.165, 1.54) is 7.11 Å². The molecule has 1 aliphatic heterocycles. The van der Waals surface area contributed by atoms with Gasteiger partial charge in [0.15, 0.2) is 0 Å². The molecule has 1 aromatic heterocycles. The molecule has 0 spiro atoms. The van der Waals surface area contributed by atoms with E-state index in [2.05, 4.69) is 5.32 Å². The fourth-order valence-corrected chi connectivity index (χ4v) is 3.32. The van der Waals surface area contributed by atoms with E-state index in [0.717, 1.165) is 5.52 Å². The molecule has 2 aromatic rings. The summed E-state index contributed by atoms with van der Waals surface area (Å²) in [5.74, 6) is -1.36. The Morgan fingerprint density at radius 2 is 1.93 bits per heavy atom. The lowest BCUT2D eigenvalue weighted by Crippen LogP contribution is -2.42. The fourth-order valence-electron chi connectivity index (χ4n) is 3.32. The van der Waals surface area contributed by atoms with Crippen molar-refractivity contribution in [3.05, 3.63) is 36.0 Å². The summed E-state index contributed by atoms with van der Waals surface area (Å²) >= 11 is 0. The van der Waals surface area contributed by atoms with Crippen LogP contribution in [0.15, 0.2) is 30.5 Å². The van der Waals surface area contributed by atoms with E-state index in [0.29, 0.717) is 38.3 Å². The van der Waals surface area contributed by atoms with E-state index >= 15 is 0 Å². The van der Waals surface area contributed by atoms with E-state index in [-0.39, 0.29) is 24.1 Å². The number of hydrogen-bond acceptors (Lipinski definition) is 5. The Hall–Kier alpha value is -2.71. The number of benzene rings is 1. The first kappa shape index (κ1) is 20.0. The number of ketones is 1. The van der Waals surface area contributed by atoms with Gasteiger partial charge in [-0.1, -0.05) is 18.2 Å². The van der Waals surface area contributed by atoms with Crippen molar-refractivity contribution in [3.63, 3.8) is 0 Å². The molecule has 2 amide bonds. The smallest absolute Gasteiger partial charge is 0.292 e. The van der Waals surface area contributed by atoms with Crippen LogP contribution in [0.25, 0.3) is 10.9 Å². The number of methoxy groups -OCH3 is 1. The SMILES string of the molecule is COCC(C)NC(=O)C(=O)c1cn(CC(=O)N2CCOCC2)c2ccccc12. The average molecular weight is 387 g/mol. The molecular formula is C20H25N3O5. The summed E-state index contributed by atoms with van der Waals surface area (Å²) in [5, 5.41) is 3.28. The molecule has 1 saturated heterocycles. The molecule has 0 bridgehead atoms. The van der Waals surface area contributed by atoms with Crippen molar-refractivity contribution >= 4 is 28.5 Å². The normalized spacial score (nSPS) is 15.4. The van der Waals surface area contributed by atoms with Crippen molar-refractivity contribution in [2.24, 2.45) is 0 Å². The molecule has 0 aliphatic carbocycles. The van der Waals surface area contributed by atoms with Crippen molar-refractivity contribution in [2.75, 3.05) is 40.0 Å². The number of ether oxygens (including phenoxy) is 2. The van der Waals surface area contributed by atoms with Crippen LogP contribution >= 0.6 is 0 Å². The Morgan fingerprint density at radius 3 is 2.64 bits per heavy atom. The second-order valence-electron chi connectivity index (χ2n) is 6.84. The number of nitrogens with one attached hydrogen (secondary N) is 1. The Bertz CT molecular complexity index is 870. The Kier molecular flexibility index (Phi) is 6.43. The van der Waals surface area contributed by atoms with Gasteiger partial charge in [-0.25, -0.2) is 0 Å². The van der Waals surface area contributed by atoms with Gasteiger partial charge in [0.1, 0.15) is 6.54 Å². The van der Waals surface area contributed by atoms with Crippen molar-refractivity contribution < 1.29 is 23.9 Å². The predicted octanol–water partition coefficient (Wildman–Crippen LogP) is 0.834. The zero-order valence-electron chi connectivity index (χ0n) is 16.1. The van der Waals surface area contributed by atoms with Gasteiger partial charge < -0.3 is 24.3 Å². The largest absolute Gasteiger partial charge is 0.383 e. The Balaban J connectivity index is 1.83. The van der Waals surface area contributed by atoms with Crippen molar-refractivity contribution in [1.82, 2.24) is 14.8 Å². The molecule has 1 aromatic carbocycles. The van der Waals surface area contributed by atoms with Crippen LogP contribution in [0.5, 0.6) is 0 Å².